The predicted octanol–water partition coefficient (Wildman–Crippen LogP) is 4.91. The van der Waals surface area contributed by atoms with Gasteiger partial charge in [-0.2, -0.15) is 13.2 Å². The lowest BCUT2D eigenvalue weighted by Gasteiger charge is -2.09. The lowest BCUT2D eigenvalue weighted by molar-refractivity contribution is -0.137. The summed E-state index contributed by atoms with van der Waals surface area (Å²) < 4.78 is 39.2. The normalized spacial score (nSPS) is 18.0. The van der Waals surface area contributed by atoms with E-state index in [1.807, 2.05) is 25.1 Å². The summed E-state index contributed by atoms with van der Waals surface area (Å²) in [5.41, 5.74) is 0.857. The van der Waals surface area contributed by atoms with Crippen LogP contribution in [0.2, 0.25) is 0 Å². The van der Waals surface area contributed by atoms with Crippen LogP contribution in [0.25, 0.3) is 6.08 Å². The van der Waals surface area contributed by atoms with Crippen LogP contribution < -0.4 is 5.32 Å². The molecule has 2 aromatic rings. The van der Waals surface area contributed by atoms with Crippen molar-refractivity contribution in [3.05, 3.63) is 70.1 Å². The van der Waals surface area contributed by atoms with Crippen LogP contribution in [0.5, 0.6) is 0 Å². The molecule has 3 nitrogen and oxygen atoms in total. The van der Waals surface area contributed by atoms with Gasteiger partial charge < -0.3 is 5.32 Å². The number of carbonyl (C=O) groups is 1. The SMILES string of the molecule is Cc1cccc(N=C2NC(=O)/C(=C\c3ccccc3C(F)(F)F)S2)c1. The Morgan fingerprint density at radius 1 is 1.12 bits per heavy atom. The topological polar surface area (TPSA) is 41.5 Å². The van der Waals surface area contributed by atoms with Crippen LogP contribution >= 0.6 is 11.8 Å². The first-order valence-electron chi connectivity index (χ1n) is 7.35. The van der Waals surface area contributed by atoms with Crippen LogP contribution in [0.15, 0.2) is 58.4 Å². The molecule has 0 spiro atoms. The molecule has 1 heterocycles. The Balaban J connectivity index is 1.90. The molecule has 1 N–H and O–H groups in total. The van der Waals surface area contributed by atoms with E-state index in [1.54, 1.807) is 6.07 Å². The maximum absolute atomic E-state index is 13.1. The van der Waals surface area contributed by atoms with Crippen molar-refractivity contribution in [2.45, 2.75) is 13.1 Å². The van der Waals surface area contributed by atoms with Crippen molar-refractivity contribution in [2.24, 2.45) is 4.99 Å². The maximum Gasteiger partial charge on any atom is 0.416 e. The third kappa shape index (κ3) is 4.11. The van der Waals surface area contributed by atoms with E-state index < -0.39 is 17.6 Å². The van der Waals surface area contributed by atoms with Crippen LogP contribution in [-0.2, 0) is 11.0 Å². The van der Waals surface area contributed by atoms with E-state index in [0.717, 1.165) is 23.4 Å². The average molecular weight is 362 g/mol. The van der Waals surface area contributed by atoms with Crippen molar-refractivity contribution in [1.82, 2.24) is 5.32 Å². The number of amides is 1. The van der Waals surface area contributed by atoms with E-state index in [2.05, 4.69) is 10.3 Å². The smallest absolute Gasteiger partial charge is 0.300 e. The Morgan fingerprint density at radius 2 is 1.88 bits per heavy atom. The standard InChI is InChI=1S/C18H13F3N2OS/c1-11-5-4-7-13(9-11)22-17-23-16(24)15(25-17)10-12-6-2-3-8-14(12)18(19,20)21/h2-10H,1H3,(H,22,23,24)/b15-10+. The second-order valence-corrected chi connectivity index (χ2v) is 6.44. The summed E-state index contributed by atoms with van der Waals surface area (Å²) in [6.07, 6.45) is -3.24. The molecule has 0 saturated carbocycles. The zero-order valence-corrected chi connectivity index (χ0v) is 13.9. The highest BCUT2D eigenvalue weighted by Gasteiger charge is 2.33. The molecule has 1 saturated heterocycles. The number of rotatable bonds is 2. The van der Waals surface area contributed by atoms with Crippen molar-refractivity contribution in [2.75, 3.05) is 0 Å². The predicted molar refractivity (Wildman–Crippen MR) is 93.4 cm³/mol. The third-order valence-corrected chi connectivity index (χ3v) is 4.35. The van der Waals surface area contributed by atoms with Crippen molar-refractivity contribution >= 4 is 34.6 Å². The number of aryl methyl sites for hydroxylation is 1. The van der Waals surface area contributed by atoms with Crippen molar-refractivity contribution < 1.29 is 18.0 Å². The van der Waals surface area contributed by atoms with E-state index in [0.29, 0.717) is 10.9 Å². The molecule has 0 aromatic heterocycles. The van der Waals surface area contributed by atoms with Crippen LogP contribution in [0.4, 0.5) is 18.9 Å². The molecule has 7 heteroatoms. The minimum absolute atomic E-state index is 0.0514. The number of amidine groups is 1. The molecule has 2 aromatic carbocycles. The Morgan fingerprint density at radius 3 is 2.60 bits per heavy atom. The summed E-state index contributed by atoms with van der Waals surface area (Å²) in [6.45, 7) is 1.92. The van der Waals surface area contributed by atoms with Gasteiger partial charge in [-0.15, -0.1) is 0 Å². The van der Waals surface area contributed by atoms with Crippen LogP contribution in [0.1, 0.15) is 16.7 Å². The number of benzene rings is 2. The number of aliphatic imine (C=N–C) groups is 1. The number of halogens is 3. The van der Waals surface area contributed by atoms with Crippen LogP contribution in [-0.4, -0.2) is 11.1 Å². The number of alkyl halides is 3. The van der Waals surface area contributed by atoms with Crippen molar-refractivity contribution in [3.63, 3.8) is 0 Å². The third-order valence-electron chi connectivity index (χ3n) is 3.44. The van der Waals surface area contributed by atoms with Gasteiger partial charge in [0.25, 0.3) is 5.91 Å². The lowest BCUT2D eigenvalue weighted by Crippen LogP contribution is -2.19. The number of hydrogen-bond acceptors (Lipinski definition) is 3. The first-order valence-corrected chi connectivity index (χ1v) is 8.17. The summed E-state index contributed by atoms with van der Waals surface area (Å²) in [5.74, 6) is -0.464. The first kappa shape index (κ1) is 17.3. The Kier molecular flexibility index (Phi) is 4.67. The molecule has 1 aliphatic rings. The molecule has 1 aliphatic heterocycles. The van der Waals surface area contributed by atoms with E-state index in [9.17, 15) is 18.0 Å². The number of carbonyl (C=O) groups excluding carboxylic acids is 1. The quantitative estimate of drug-likeness (QED) is 0.772. The number of nitrogens with zero attached hydrogens (tertiary/aromatic N) is 1. The van der Waals surface area contributed by atoms with Gasteiger partial charge >= 0.3 is 6.18 Å². The molecule has 25 heavy (non-hydrogen) atoms. The zero-order valence-electron chi connectivity index (χ0n) is 13.1. The van der Waals surface area contributed by atoms with E-state index in [1.165, 1.54) is 24.3 Å². The summed E-state index contributed by atoms with van der Waals surface area (Å²) in [6, 6.07) is 12.5. The van der Waals surface area contributed by atoms with E-state index >= 15 is 0 Å². The van der Waals surface area contributed by atoms with Crippen molar-refractivity contribution in [1.29, 1.82) is 0 Å². The molecular formula is C18H13F3N2OS. The molecule has 1 amide bonds. The molecule has 0 atom stereocenters. The van der Waals surface area contributed by atoms with Gasteiger partial charge in [0.05, 0.1) is 16.2 Å². The molecule has 1 fully saturated rings. The summed E-state index contributed by atoms with van der Waals surface area (Å²) >= 11 is 1.02. The highest BCUT2D eigenvalue weighted by molar-refractivity contribution is 8.18. The van der Waals surface area contributed by atoms with Gasteiger partial charge in [-0.1, -0.05) is 30.3 Å². The highest BCUT2D eigenvalue weighted by atomic mass is 32.2. The molecular weight excluding hydrogens is 349 g/mol. The fraction of sp³-hybridized carbons (Fsp3) is 0.111. The van der Waals surface area contributed by atoms with Crippen LogP contribution in [0.3, 0.4) is 0 Å². The van der Waals surface area contributed by atoms with E-state index in [-0.39, 0.29) is 10.5 Å². The molecule has 128 valence electrons. The van der Waals surface area contributed by atoms with E-state index in [4.69, 9.17) is 0 Å². The Labute approximate surface area is 146 Å². The molecule has 3 rings (SSSR count). The van der Waals surface area contributed by atoms with Gasteiger partial charge in [-0.25, -0.2) is 4.99 Å². The van der Waals surface area contributed by atoms with Crippen molar-refractivity contribution in [3.8, 4) is 0 Å². The molecule has 0 aliphatic carbocycles. The zero-order chi connectivity index (χ0) is 18.0. The monoisotopic (exact) mass is 362 g/mol. The second-order valence-electron chi connectivity index (χ2n) is 5.41. The fourth-order valence-corrected chi connectivity index (χ4v) is 3.15. The summed E-state index contributed by atoms with van der Waals surface area (Å²) in [4.78, 5) is 16.5. The van der Waals surface area contributed by atoms with Gasteiger partial charge in [0.1, 0.15) is 0 Å². The number of thioether (sulfide) groups is 1. The van der Waals surface area contributed by atoms with Gasteiger partial charge in [0.2, 0.25) is 0 Å². The molecule has 0 radical (unpaired) electrons. The Bertz CT molecular complexity index is 888. The number of hydrogen-bond donors (Lipinski definition) is 1. The summed E-state index contributed by atoms with van der Waals surface area (Å²) in [7, 11) is 0. The second kappa shape index (κ2) is 6.76. The minimum Gasteiger partial charge on any atom is -0.300 e. The molecule has 0 unspecified atom stereocenters. The van der Waals surface area contributed by atoms with Gasteiger partial charge in [-0.05, 0) is 54.1 Å². The van der Waals surface area contributed by atoms with Gasteiger partial charge in [-0.3, -0.25) is 4.79 Å². The summed E-state index contributed by atoms with van der Waals surface area (Å²) in [5, 5.41) is 2.91. The minimum atomic E-state index is -4.48. The maximum atomic E-state index is 13.1. The lowest BCUT2D eigenvalue weighted by atomic mass is 10.1. The largest absolute Gasteiger partial charge is 0.416 e. The fourth-order valence-electron chi connectivity index (χ4n) is 2.32. The van der Waals surface area contributed by atoms with Gasteiger partial charge in [0, 0.05) is 0 Å². The average Bonchev–Trinajstić information content (AvgIpc) is 2.86. The first-order chi connectivity index (χ1) is 11.8. The molecule has 0 bridgehead atoms. The number of nitrogens with one attached hydrogen (secondary N) is 1. The highest BCUT2D eigenvalue weighted by Crippen LogP contribution is 2.35. The van der Waals surface area contributed by atoms with Crippen LogP contribution in [0, 0.1) is 6.92 Å². The Hall–Kier alpha value is -2.54. The van der Waals surface area contributed by atoms with Gasteiger partial charge in [0.15, 0.2) is 5.17 Å².